The number of carbonyl (C=O) groups is 1. The van der Waals surface area contributed by atoms with E-state index in [0.717, 1.165) is 11.1 Å². The molecule has 4 aromatic rings. The van der Waals surface area contributed by atoms with Gasteiger partial charge in [0, 0.05) is 36.9 Å². The number of benzene rings is 4. The van der Waals surface area contributed by atoms with Gasteiger partial charge in [0.05, 0.1) is 11.1 Å². The number of carbonyl (C=O) groups excluding carboxylic acids is 1. The monoisotopic (exact) mass is 718 g/mol. The van der Waals surface area contributed by atoms with Crippen LogP contribution in [0.2, 0.25) is 20.1 Å². The third-order valence-electron chi connectivity index (χ3n) is 5.92. The highest BCUT2D eigenvalue weighted by atomic mass is 79.9. The fourth-order valence-electron chi connectivity index (χ4n) is 3.81. The van der Waals surface area contributed by atoms with Gasteiger partial charge >= 0.3 is 0 Å². The van der Waals surface area contributed by atoms with E-state index in [1.165, 1.54) is 6.08 Å². The van der Waals surface area contributed by atoms with E-state index in [0.29, 0.717) is 59.7 Å². The van der Waals surface area contributed by atoms with Crippen LogP contribution in [0.15, 0.2) is 82.8 Å². The Morgan fingerprint density at radius 1 is 0.860 bits per heavy atom. The van der Waals surface area contributed by atoms with E-state index in [9.17, 15) is 10.1 Å². The van der Waals surface area contributed by atoms with Crippen molar-refractivity contribution < 1.29 is 19.0 Å². The first kappa shape index (κ1) is 32.5. The Balaban J connectivity index is 1.44. The number of rotatable bonds is 11. The van der Waals surface area contributed by atoms with Crippen LogP contribution in [0.25, 0.3) is 6.08 Å². The molecular formula is C32H23BrCl4N2O4. The lowest BCUT2D eigenvalue weighted by atomic mass is 10.1. The summed E-state index contributed by atoms with van der Waals surface area (Å²) in [7, 11) is 0. The van der Waals surface area contributed by atoms with Crippen LogP contribution in [-0.2, 0) is 18.0 Å². The summed E-state index contributed by atoms with van der Waals surface area (Å²) in [6.45, 7) is 2.64. The van der Waals surface area contributed by atoms with E-state index in [2.05, 4.69) is 21.2 Å². The molecule has 0 saturated heterocycles. The van der Waals surface area contributed by atoms with Gasteiger partial charge in [0.1, 0.15) is 30.6 Å². The van der Waals surface area contributed by atoms with E-state index in [-0.39, 0.29) is 18.8 Å². The molecule has 0 atom stereocenters. The minimum absolute atomic E-state index is 0.103. The number of amides is 1. The minimum Gasteiger partial charge on any atom is -0.490 e. The number of nitrogens with one attached hydrogen (secondary N) is 1. The van der Waals surface area contributed by atoms with Gasteiger partial charge in [-0.3, -0.25) is 4.79 Å². The molecule has 0 unspecified atom stereocenters. The number of anilines is 1. The molecule has 0 aliphatic carbocycles. The van der Waals surface area contributed by atoms with Crippen LogP contribution in [0.1, 0.15) is 23.6 Å². The highest BCUT2D eigenvalue weighted by Gasteiger charge is 2.16. The molecule has 1 N–H and O–H groups in total. The predicted molar refractivity (Wildman–Crippen MR) is 176 cm³/mol. The molecule has 0 aliphatic rings. The molecule has 6 nitrogen and oxygen atoms in total. The summed E-state index contributed by atoms with van der Waals surface area (Å²) in [5.41, 5.74) is 2.48. The van der Waals surface area contributed by atoms with E-state index >= 15 is 0 Å². The number of ether oxygens (including phenoxy) is 3. The molecule has 0 aliphatic heterocycles. The van der Waals surface area contributed by atoms with E-state index in [1.54, 1.807) is 72.8 Å². The van der Waals surface area contributed by atoms with Crippen LogP contribution in [0.3, 0.4) is 0 Å². The summed E-state index contributed by atoms with van der Waals surface area (Å²) < 4.78 is 18.2. The van der Waals surface area contributed by atoms with E-state index in [4.69, 9.17) is 60.6 Å². The summed E-state index contributed by atoms with van der Waals surface area (Å²) >= 11 is 27.9. The summed E-state index contributed by atoms with van der Waals surface area (Å²) in [4.78, 5) is 12.9. The molecule has 4 rings (SSSR count). The maximum Gasteiger partial charge on any atom is 0.266 e. The number of hydrogen-bond donors (Lipinski definition) is 1. The molecule has 4 aromatic carbocycles. The zero-order valence-corrected chi connectivity index (χ0v) is 27.2. The third kappa shape index (κ3) is 9.06. The minimum atomic E-state index is -0.573. The molecule has 1 amide bonds. The lowest BCUT2D eigenvalue weighted by molar-refractivity contribution is -0.112. The van der Waals surface area contributed by atoms with Gasteiger partial charge in [-0.1, -0.05) is 58.5 Å². The van der Waals surface area contributed by atoms with Crippen molar-refractivity contribution in [2.24, 2.45) is 0 Å². The summed E-state index contributed by atoms with van der Waals surface area (Å²) in [6.07, 6.45) is 1.47. The van der Waals surface area contributed by atoms with Crippen LogP contribution >= 0.6 is 62.3 Å². The largest absolute Gasteiger partial charge is 0.490 e. The van der Waals surface area contributed by atoms with Gasteiger partial charge in [-0.25, -0.2) is 0 Å². The van der Waals surface area contributed by atoms with Crippen LogP contribution < -0.4 is 19.5 Å². The predicted octanol–water partition coefficient (Wildman–Crippen LogP) is 10.2. The summed E-state index contributed by atoms with van der Waals surface area (Å²) in [5.74, 6) is 0.889. The second-order valence-corrected chi connectivity index (χ2v) is 11.5. The van der Waals surface area contributed by atoms with Crippen LogP contribution in [-0.4, -0.2) is 12.5 Å². The van der Waals surface area contributed by atoms with E-state index < -0.39 is 5.91 Å². The first-order chi connectivity index (χ1) is 20.7. The van der Waals surface area contributed by atoms with Gasteiger partial charge in [0.25, 0.3) is 5.91 Å². The molecule has 220 valence electrons. The zero-order chi connectivity index (χ0) is 30.9. The smallest absolute Gasteiger partial charge is 0.266 e. The zero-order valence-electron chi connectivity index (χ0n) is 22.6. The molecule has 0 spiro atoms. The number of nitrogens with zero attached hydrogens (tertiary/aromatic N) is 1. The molecule has 0 fully saturated rings. The fourth-order valence-corrected chi connectivity index (χ4v) is 5.31. The van der Waals surface area contributed by atoms with Gasteiger partial charge in [0.2, 0.25) is 0 Å². The highest BCUT2D eigenvalue weighted by Crippen LogP contribution is 2.38. The van der Waals surface area contributed by atoms with Crippen molar-refractivity contribution in [3.8, 4) is 23.3 Å². The first-order valence-corrected chi connectivity index (χ1v) is 15.1. The number of hydrogen-bond acceptors (Lipinski definition) is 5. The Labute approximate surface area is 277 Å². The standard InChI is InChI=1S/C32H23BrCl4N2O4/c1-2-41-30-13-19(12-27(33)31(30)43-18-21-4-6-24(35)15-29(21)37)11-22(16-38)32(40)39-25-7-9-26(10-8-25)42-17-20-3-5-23(34)14-28(20)36/h3-15H,2,17-18H2,1H3,(H,39,40)/b22-11+. The highest BCUT2D eigenvalue weighted by molar-refractivity contribution is 9.10. The van der Waals surface area contributed by atoms with Crippen LogP contribution in [0.4, 0.5) is 5.69 Å². The Morgan fingerprint density at radius 2 is 1.47 bits per heavy atom. The van der Waals surface area contributed by atoms with Crippen molar-refractivity contribution in [1.82, 2.24) is 0 Å². The summed E-state index contributed by atoms with van der Waals surface area (Å²) in [5, 5.41) is 14.5. The molecule has 0 radical (unpaired) electrons. The van der Waals surface area contributed by atoms with Gasteiger partial charge in [-0.15, -0.1) is 0 Å². The quantitative estimate of drug-likeness (QED) is 0.123. The second-order valence-electron chi connectivity index (χ2n) is 8.96. The molecule has 11 heteroatoms. The van der Waals surface area contributed by atoms with Crippen LogP contribution in [0, 0.1) is 11.3 Å². The van der Waals surface area contributed by atoms with Crippen molar-refractivity contribution in [3.05, 3.63) is 120 Å². The average molecular weight is 721 g/mol. The van der Waals surface area contributed by atoms with Crippen molar-refractivity contribution in [2.75, 3.05) is 11.9 Å². The molecule has 0 aromatic heterocycles. The Bertz CT molecular complexity index is 1710. The van der Waals surface area contributed by atoms with Crippen molar-refractivity contribution in [1.29, 1.82) is 5.26 Å². The number of halogens is 5. The van der Waals surface area contributed by atoms with Crippen LogP contribution in [0.5, 0.6) is 17.2 Å². The topological polar surface area (TPSA) is 80.6 Å². The van der Waals surface area contributed by atoms with Crippen molar-refractivity contribution in [2.45, 2.75) is 20.1 Å². The Kier molecular flexibility index (Phi) is 11.6. The molecule has 0 heterocycles. The maximum atomic E-state index is 12.9. The Morgan fingerprint density at radius 3 is 2.02 bits per heavy atom. The second kappa shape index (κ2) is 15.4. The maximum absolute atomic E-state index is 12.9. The Hall–Kier alpha value is -3.38. The van der Waals surface area contributed by atoms with Crippen molar-refractivity contribution in [3.63, 3.8) is 0 Å². The lowest BCUT2D eigenvalue weighted by Crippen LogP contribution is -2.13. The van der Waals surface area contributed by atoms with Gasteiger partial charge in [-0.2, -0.15) is 5.26 Å². The number of nitriles is 1. The first-order valence-electron chi connectivity index (χ1n) is 12.8. The third-order valence-corrected chi connectivity index (χ3v) is 7.68. The van der Waals surface area contributed by atoms with E-state index in [1.807, 2.05) is 13.0 Å². The molecular weight excluding hydrogens is 698 g/mol. The normalized spacial score (nSPS) is 11.0. The van der Waals surface area contributed by atoms with Gasteiger partial charge < -0.3 is 19.5 Å². The molecule has 0 bridgehead atoms. The fraction of sp³-hybridized carbons (Fsp3) is 0.125. The summed E-state index contributed by atoms with van der Waals surface area (Å²) in [6, 6.07) is 22.5. The SMILES string of the molecule is CCOc1cc(/C=C(\C#N)C(=O)Nc2ccc(OCc3ccc(Cl)cc3Cl)cc2)cc(Br)c1OCc1ccc(Cl)cc1Cl. The molecule has 43 heavy (non-hydrogen) atoms. The lowest BCUT2D eigenvalue weighted by Gasteiger charge is -2.15. The van der Waals surface area contributed by atoms with Crippen molar-refractivity contribution >= 4 is 80.0 Å². The average Bonchev–Trinajstić information content (AvgIpc) is 2.97. The van der Waals surface area contributed by atoms with Gasteiger partial charge in [0.15, 0.2) is 11.5 Å². The molecule has 0 saturated carbocycles. The van der Waals surface area contributed by atoms with Gasteiger partial charge in [-0.05, 0) is 95.2 Å².